The smallest absolute Gasteiger partial charge is 0.308 e. The fraction of sp³-hybridized carbons (Fsp3) is 0.350. The molecule has 3 rings (SSSR count). The minimum absolute atomic E-state index is 0.0653. The molecule has 29 heavy (non-hydrogen) atoms. The lowest BCUT2D eigenvalue weighted by atomic mass is 9.66. The number of carboxylic acids is 1. The number of rotatable bonds is 9. The van der Waals surface area contributed by atoms with Crippen LogP contribution < -0.4 is 5.32 Å². The van der Waals surface area contributed by atoms with E-state index in [4.69, 9.17) is 5.11 Å². The van der Waals surface area contributed by atoms with Gasteiger partial charge in [0, 0.05) is 29.2 Å². The first-order valence-corrected chi connectivity index (χ1v) is 10.0. The number of carbonyl (C=O) groups is 1. The third kappa shape index (κ3) is 4.73. The van der Waals surface area contributed by atoms with E-state index in [9.17, 15) is 9.18 Å². The zero-order chi connectivity index (χ0) is 20.9. The molecule has 1 saturated carbocycles. The number of hydrogen-bond acceptors (Lipinski definition) is 7. The third-order valence-corrected chi connectivity index (χ3v) is 5.87. The maximum Gasteiger partial charge on any atom is 0.308 e. The summed E-state index contributed by atoms with van der Waals surface area (Å²) in [7, 11) is 0. The van der Waals surface area contributed by atoms with Gasteiger partial charge in [0.05, 0.1) is 12.1 Å². The lowest BCUT2D eigenvalue weighted by molar-refractivity contribution is -0.136. The molecular weight excluding hydrogens is 393 g/mol. The van der Waals surface area contributed by atoms with Gasteiger partial charge in [0.1, 0.15) is 22.3 Å². The highest BCUT2D eigenvalue weighted by atomic mass is 32.1. The molecule has 2 aromatic rings. The van der Waals surface area contributed by atoms with E-state index in [0.717, 1.165) is 19.3 Å². The van der Waals surface area contributed by atoms with Gasteiger partial charge in [-0.3, -0.25) is 9.79 Å². The third-order valence-electron chi connectivity index (χ3n) is 4.85. The predicted octanol–water partition coefficient (Wildman–Crippen LogP) is 4.27. The van der Waals surface area contributed by atoms with Crippen LogP contribution >= 0.6 is 11.3 Å². The summed E-state index contributed by atoms with van der Waals surface area (Å²) in [4.78, 5) is 19.9. The molecule has 0 amide bonds. The molecule has 9 heteroatoms. The monoisotopic (exact) mass is 415 g/mol. The van der Waals surface area contributed by atoms with Crippen LogP contribution in [0.1, 0.15) is 31.1 Å². The summed E-state index contributed by atoms with van der Waals surface area (Å²) < 4.78 is 14.3. The molecule has 0 radical (unpaired) electrons. The highest BCUT2D eigenvalue weighted by molar-refractivity contribution is 7.15. The minimum atomic E-state index is -0.899. The SMILES string of the molecule is C=C/C(F)=C(\N=CC)C1(CNc2ccc(-c3ncc(CC(=O)O)s3)nn2)CCC1. The first kappa shape index (κ1) is 20.8. The van der Waals surface area contributed by atoms with E-state index in [-0.39, 0.29) is 11.8 Å². The number of aliphatic carboxylic acids is 1. The largest absolute Gasteiger partial charge is 0.481 e. The van der Waals surface area contributed by atoms with Crippen LogP contribution in [0.25, 0.3) is 10.7 Å². The highest BCUT2D eigenvalue weighted by Crippen LogP contribution is 2.49. The topological polar surface area (TPSA) is 100 Å². The lowest BCUT2D eigenvalue weighted by Crippen LogP contribution is -2.38. The molecule has 1 aliphatic rings. The number of halogens is 1. The van der Waals surface area contributed by atoms with E-state index in [1.54, 1.807) is 31.5 Å². The predicted molar refractivity (Wildman–Crippen MR) is 112 cm³/mol. The van der Waals surface area contributed by atoms with E-state index in [0.29, 0.717) is 33.6 Å². The molecule has 0 unspecified atom stereocenters. The molecule has 7 nitrogen and oxygen atoms in total. The minimum Gasteiger partial charge on any atom is -0.481 e. The van der Waals surface area contributed by atoms with Crippen molar-refractivity contribution in [1.29, 1.82) is 0 Å². The highest BCUT2D eigenvalue weighted by Gasteiger charge is 2.42. The van der Waals surface area contributed by atoms with Gasteiger partial charge in [-0.25, -0.2) is 9.37 Å². The second kappa shape index (κ2) is 9.04. The van der Waals surface area contributed by atoms with Crippen LogP contribution in [0.2, 0.25) is 0 Å². The number of hydrogen-bond donors (Lipinski definition) is 2. The number of anilines is 1. The van der Waals surface area contributed by atoms with E-state index < -0.39 is 11.8 Å². The van der Waals surface area contributed by atoms with Crippen LogP contribution in [0.3, 0.4) is 0 Å². The zero-order valence-corrected chi connectivity index (χ0v) is 16.9. The molecule has 152 valence electrons. The standard InChI is InChI=1S/C20H22FN5O2S/c1-3-14(21)18(22-4-2)20(8-5-9-20)12-24-16-7-6-15(25-26-16)19-23-11-13(29-19)10-17(27)28/h3-4,6-7,11H,1,5,8-10,12H2,2H3,(H,24,26)(H,27,28)/b18-14+,22-4?. The maximum atomic E-state index is 14.3. The van der Waals surface area contributed by atoms with Gasteiger partial charge in [-0.15, -0.1) is 21.5 Å². The number of allylic oxidation sites excluding steroid dienone is 2. The number of aromatic nitrogens is 3. The molecule has 2 N–H and O–H groups in total. The summed E-state index contributed by atoms with van der Waals surface area (Å²) in [5.41, 5.74) is 0.614. The van der Waals surface area contributed by atoms with Gasteiger partial charge in [-0.2, -0.15) is 0 Å². The molecule has 0 spiro atoms. The average molecular weight is 415 g/mol. The van der Waals surface area contributed by atoms with Crippen molar-refractivity contribution in [3.8, 4) is 10.7 Å². The Balaban J connectivity index is 1.70. The van der Waals surface area contributed by atoms with Crippen molar-refractivity contribution >= 4 is 29.3 Å². The van der Waals surface area contributed by atoms with Crippen molar-refractivity contribution in [3.63, 3.8) is 0 Å². The van der Waals surface area contributed by atoms with E-state index in [1.807, 2.05) is 0 Å². The van der Waals surface area contributed by atoms with Crippen molar-refractivity contribution in [2.75, 3.05) is 11.9 Å². The van der Waals surface area contributed by atoms with Gasteiger partial charge in [0.2, 0.25) is 0 Å². The van der Waals surface area contributed by atoms with E-state index in [2.05, 4.69) is 32.1 Å². The number of nitrogens with one attached hydrogen (secondary N) is 1. The van der Waals surface area contributed by atoms with Crippen LogP contribution in [-0.2, 0) is 11.2 Å². The van der Waals surface area contributed by atoms with Gasteiger partial charge >= 0.3 is 5.97 Å². The Morgan fingerprint density at radius 1 is 1.45 bits per heavy atom. The molecule has 2 aromatic heterocycles. The van der Waals surface area contributed by atoms with Gasteiger partial charge in [-0.1, -0.05) is 13.0 Å². The summed E-state index contributed by atoms with van der Waals surface area (Å²) >= 11 is 1.28. The molecule has 2 heterocycles. The maximum absolute atomic E-state index is 14.3. The summed E-state index contributed by atoms with van der Waals surface area (Å²) in [6.07, 6.45) is 6.96. The molecule has 1 aliphatic carbocycles. The molecule has 1 fully saturated rings. The van der Waals surface area contributed by atoms with Crippen molar-refractivity contribution < 1.29 is 14.3 Å². The van der Waals surface area contributed by atoms with Crippen molar-refractivity contribution in [1.82, 2.24) is 15.2 Å². The van der Waals surface area contributed by atoms with Crippen LogP contribution in [0.15, 0.2) is 47.5 Å². The fourth-order valence-electron chi connectivity index (χ4n) is 3.24. The van der Waals surface area contributed by atoms with Crippen molar-refractivity contribution in [3.05, 3.63) is 47.4 Å². The van der Waals surface area contributed by atoms with Crippen LogP contribution in [-0.4, -0.2) is 39.0 Å². The Morgan fingerprint density at radius 3 is 2.79 bits per heavy atom. The molecular formula is C20H22FN5O2S. The lowest BCUT2D eigenvalue weighted by Gasteiger charge is -2.42. The Hall–Kier alpha value is -2.94. The second-order valence-corrected chi connectivity index (χ2v) is 7.90. The number of aliphatic imine (C=N–C) groups is 1. The normalized spacial score (nSPS) is 16.2. The van der Waals surface area contributed by atoms with E-state index >= 15 is 0 Å². The summed E-state index contributed by atoms with van der Waals surface area (Å²) in [6, 6.07) is 3.56. The number of carboxylic acid groups (broad SMARTS) is 1. The summed E-state index contributed by atoms with van der Waals surface area (Å²) in [6.45, 7) is 5.78. The van der Waals surface area contributed by atoms with E-state index in [1.165, 1.54) is 17.4 Å². The quantitative estimate of drug-likeness (QED) is 0.469. The Labute approximate surface area is 172 Å². The first-order chi connectivity index (χ1) is 14.0. The molecule has 0 bridgehead atoms. The van der Waals surface area contributed by atoms with Crippen molar-refractivity contribution in [2.45, 2.75) is 32.6 Å². The Kier molecular flexibility index (Phi) is 6.48. The van der Waals surface area contributed by atoms with Gasteiger partial charge in [-0.05, 0) is 38.0 Å². The Bertz CT molecular complexity index is 948. The first-order valence-electron chi connectivity index (χ1n) is 9.23. The molecule has 0 atom stereocenters. The number of thiazole rings is 1. The van der Waals surface area contributed by atoms with Crippen LogP contribution in [0.5, 0.6) is 0 Å². The molecule has 0 aromatic carbocycles. The van der Waals surface area contributed by atoms with Gasteiger partial charge < -0.3 is 10.4 Å². The van der Waals surface area contributed by atoms with Crippen LogP contribution in [0.4, 0.5) is 10.2 Å². The zero-order valence-electron chi connectivity index (χ0n) is 16.1. The molecule has 0 aliphatic heterocycles. The van der Waals surface area contributed by atoms with Crippen molar-refractivity contribution in [2.24, 2.45) is 10.4 Å². The summed E-state index contributed by atoms with van der Waals surface area (Å²) in [5.74, 6) is -0.724. The van der Waals surface area contributed by atoms with Crippen LogP contribution in [0, 0.1) is 5.41 Å². The molecule has 0 saturated heterocycles. The number of nitrogens with zero attached hydrogens (tertiary/aromatic N) is 4. The Morgan fingerprint density at radius 2 is 2.24 bits per heavy atom. The summed E-state index contributed by atoms with van der Waals surface area (Å²) in [5, 5.41) is 21.1. The fourth-order valence-corrected chi connectivity index (χ4v) is 4.10. The second-order valence-electron chi connectivity index (χ2n) is 6.78. The van der Waals surface area contributed by atoms with Gasteiger partial charge in [0.25, 0.3) is 0 Å². The average Bonchev–Trinajstić information content (AvgIpc) is 3.13. The van der Waals surface area contributed by atoms with Gasteiger partial charge in [0.15, 0.2) is 0 Å².